The molecule has 0 bridgehead atoms. The Morgan fingerprint density at radius 1 is 0.745 bits per heavy atom. The smallest absolute Gasteiger partial charge is 0.121 e. The average molecular weight is 903 g/mol. The summed E-state index contributed by atoms with van der Waals surface area (Å²) in [5.41, 5.74) is 6.68. The third kappa shape index (κ3) is 7.91. The van der Waals surface area contributed by atoms with Crippen LogP contribution in [-0.4, -0.2) is 9.97 Å². The standard InChI is InChI=1S/C36H34NO.C15H16N.Ir/c1-22-20-37-32(16-29(22)25-18-35(2,3)21-36(4,5)19-25)28-12-8-11-27-31-15-24-14-13-23-9-6-7-10-26(23)30(24)17-33(31)38-34(27)28;1-15(2,3)13-9-10-16-14(11-13)12-7-5-4-6-8-12;/h6-11,13-17,20,25H,18-19,21H2,1-5H3;4-7,9-11H,1-3H3;/q2*-1;/i1D3,25D;;. The number of nitrogens with zero attached hydrogens (tertiary/aromatic N) is 2. The first-order valence-electron chi connectivity index (χ1n) is 20.9. The fourth-order valence-corrected chi connectivity index (χ4v) is 8.74. The van der Waals surface area contributed by atoms with Gasteiger partial charge in [0.15, 0.2) is 0 Å². The number of hydrogen-bond acceptors (Lipinski definition) is 3. The predicted molar refractivity (Wildman–Crippen MR) is 227 cm³/mol. The van der Waals surface area contributed by atoms with Crippen molar-refractivity contribution in [3.05, 3.63) is 144 Å². The minimum atomic E-state index is -2.38. The maximum absolute atomic E-state index is 9.74. The molecule has 0 atom stereocenters. The zero-order chi connectivity index (χ0) is 41.3. The number of aromatic nitrogens is 2. The van der Waals surface area contributed by atoms with E-state index in [1.54, 1.807) is 0 Å². The van der Waals surface area contributed by atoms with E-state index in [0.29, 0.717) is 35.2 Å². The molecule has 0 N–H and O–H groups in total. The predicted octanol–water partition coefficient (Wildman–Crippen LogP) is 14.2. The molecule has 281 valence electrons. The van der Waals surface area contributed by atoms with Crippen LogP contribution in [0.15, 0.2) is 120 Å². The van der Waals surface area contributed by atoms with Crippen LogP contribution in [0.4, 0.5) is 0 Å². The normalized spacial score (nSPS) is 17.4. The van der Waals surface area contributed by atoms with Crippen LogP contribution < -0.4 is 0 Å². The molecule has 1 aliphatic carbocycles. The molecule has 1 fully saturated rings. The summed E-state index contributed by atoms with van der Waals surface area (Å²) in [6.07, 6.45) is 5.47. The van der Waals surface area contributed by atoms with Crippen LogP contribution in [0, 0.1) is 29.8 Å². The van der Waals surface area contributed by atoms with Gasteiger partial charge >= 0.3 is 0 Å². The zero-order valence-corrected chi connectivity index (χ0v) is 35.1. The molecule has 0 unspecified atom stereocenters. The molecule has 5 aromatic carbocycles. The first-order valence-corrected chi connectivity index (χ1v) is 18.9. The van der Waals surface area contributed by atoms with Crippen LogP contribution in [-0.2, 0) is 25.5 Å². The summed E-state index contributed by atoms with van der Waals surface area (Å²) in [6.45, 7) is 13.0. The fraction of sp³-hybridized carbons (Fsp3) is 0.294. The Bertz CT molecular complexity index is 2800. The Balaban J connectivity index is 0.000000262. The number of pyridine rings is 2. The largest absolute Gasteiger partial charge is 0.501 e. The Morgan fingerprint density at radius 2 is 1.51 bits per heavy atom. The summed E-state index contributed by atoms with van der Waals surface area (Å²) in [5.74, 6) is -1.06. The van der Waals surface area contributed by atoms with Crippen molar-refractivity contribution in [2.75, 3.05) is 0 Å². The van der Waals surface area contributed by atoms with E-state index < -0.39 is 12.7 Å². The van der Waals surface area contributed by atoms with Gasteiger partial charge in [-0.05, 0) is 116 Å². The van der Waals surface area contributed by atoms with Crippen LogP contribution in [0.5, 0.6) is 0 Å². The number of rotatable bonds is 3. The number of furan rings is 1. The van der Waals surface area contributed by atoms with Gasteiger partial charge in [0.05, 0.1) is 5.58 Å². The summed E-state index contributed by atoms with van der Waals surface area (Å²) in [7, 11) is 0. The molecule has 9 rings (SSSR count). The molecule has 55 heavy (non-hydrogen) atoms. The van der Waals surface area contributed by atoms with E-state index in [-0.39, 0.29) is 41.9 Å². The molecule has 0 saturated heterocycles. The van der Waals surface area contributed by atoms with E-state index in [2.05, 4.69) is 125 Å². The second-order valence-corrected chi connectivity index (χ2v) is 17.6. The molecular formula is C51H50IrN2O-2. The summed E-state index contributed by atoms with van der Waals surface area (Å²) >= 11 is 0. The molecule has 0 amide bonds. The Labute approximate surface area is 345 Å². The molecule has 3 heterocycles. The molecule has 4 heteroatoms. The van der Waals surface area contributed by atoms with E-state index in [1.807, 2.05) is 54.7 Å². The Morgan fingerprint density at radius 3 is 2.25 bits per heavy atom. The van der Waals surface area contributed by atoms with Gasteiger partial charge in [0.2, 0.25) is 0 Å². The van der Waals surface area contributed by atoms with Gasteiger partial charge in [-0.3, -0.25) is 0 Å². The molecule has 1 radical (unpaired) electrons. The molecule has 0 spiro atoms. The summed E-state index contributed by atoms with van der Waals surface area (Å²) in [5, 5.41) is 6.59. The van der Waals surface area contributed by atoms with Crippen molar-refractivity contribution in [2.24, 2.45) is 10.8 Å². The van der Waals surface area contributed by atoms with Crippen molar-refractivity contribution in [1.29, 1.82) is 0 Å². The van der Waals surface area contributed by atoms with Crippen LogP contribution in [0.25, 0.3) is 66.0 Å². The molecule has 8 aromatic rings. The molecule has 3 aromatic heterocycles. The topological polar surface area (TPSA) is 38.9 Å². The maximum atomic E-state index is 9.74. The van der Waals surface area contributed by atoms with Gasteiger partial charge in [-0.15, -0.1) is 54.1 Å². The van der Waals surface area contributed by atoms with Gasteiger partial charge in [-0.1, -0.05) is 108 Å². The first-order chi connectivity index (χ1) is 27.3. The first kappa shape index (κ1) is 33.7. The van der Waals surface area contributed by atoms with Gasteiger partial charge in [-0.25, -0.2) is 0 Å². The molecule has 1 saturated carbocycles. The van der Waals surface area contributed by atoms with E-state index in [1.165, 1.54) is 22.5 Å². The van der Waals surface area contributed by atoms with Gasteiger partial charge < -0.3 is 14.4 Å². The van der Waals surface area contributed by atoms with E-state index in [0.717, 1.165) is 44.8 Å². The van der Waals surface area contributed by atoms with Crippen molar-refractivity contribution in [2.45, 2.75) is 85.9 Å². The number of benzene rings is 5. The van der Waals surface area contributed by atoms with Crippen LogP contribution in [0.2, 0.25) is 0 Å². The Hall–Kier alpha value is -4.63. The van der Waals surface area contributed by atoms with Crippen molar-refractivity contribution < 1.29 is 30.0 Å². The van der Waals surface area contributed by atoms with Crippen LogP contribution in [0.3, 0.4) is 0 Å². The van der Waals surface area contributed by atoms with E-state index in [4.69, 9.17) is 8.53 Å². The summed E-state index contributed by atoms with van der Waals surface area (Å²) in [6, 6.07) is 41.3. The molecular weight excluding hydrogens is 849 g/mol. The van der Waals surface area contributed by atoms with Gasteiger partial charge in [-0.2, -0.15) is 0 Å². The summed E-state index contributed by atoms with van der Waals surface area (Å²) in [4.78, 5) is 9.05. The molecule has 3 nitrogen and oxygen atoms in total. The monoisotopic (exact) mass is 903 g/mol. The Kier molecular flexibility index (Phi) is 9.06. The van der Waals surface area contributed by atoms with Gasteiger partial charge in [0, 0.05) is 43.4 Å². The molecule has 0 aliphatic heterocycles. The quantitative estimate of drug-likeness (QED) is 0.131. The maximum Gasteiger partial charge on any atom is 0.121 e. The van der Waals surface area contributed by atoms with Crippen molar-refractivity contribution in [3.8, 4) is 22.5 Å². The van der Waals surface area contributed by atoms with Gasteiger partial charge in [0.1, 0.15) is 5.58 Å². The fourth-order valence-electron chi connectivity index (χ4n) is 8.74. The SMILES string of the molecule is CC(C)(C)c1ccnc(-c2[c-]cccc2)c1.[2H]C([2H])([2H])c1cnc(-c2[c-]ccc3c2oc2cc4c(ccc5ccccc54)cc23)cc1C1([2H])CC(C)(C)CC(C)(C)C1.[Ir]. The minimum absolute atomic E-state index is 0. The molecule has 1 aliphatic rings. The van der Waals surface area contributed by atoms with E-state index >= 15 is 0 Å². The average Bonchev–Trinajstić information content (AvgIpc) is 3.53. The van der Waals surface area contributed by atoms with Gasteiger partial charge in [0.25, 0.3) is 0 Å². The van der Waals surface area contributed by atoms with E-state index in [9.17, 15) is 1.37 Å². The second-order valence-electron chi connectivity index (χ2n) is 17.6. The number of fused-ring (bicyclic) bond motifs is 6. The number of aryl methyl sites for hydroxylation is 1. The zero-order valence-electron chi connectivity index (χ0n) is 36.7. The number of hydrogen-bond donors (Lipinski definition) is 0. The van der Waals surface area contributed by atoms with Crippen molar-refractivity contribution in [3.63, 3.8) is 0 Å². The second kappa shape index (κ2) is 14.8. The van der Waals surface area contributed by atoms with Crippen LogP contribution >= 0.6 is 0 Å². The summed E-state index contributed by atoms with van der Waals surface area (Å²) < 4.78 is 41.2. The van der Waals surface area contributed by atoms with Crippen LogP contribution in [0.1, 0.15) is 95.8 Å². The minimum Gasteiger partial charge on any atom is -0.501 e. The van der Waals surface area contributed by atoms with Crippen molar-refractivity contribution >= 4 is 43.5 Å². The third-order valence-corrected chi connectivity index (χ3v) is 10.8. The van der Waals surface area contributed by atoms with Crippen molar-refractivity contribution in [1.82, 2.24) is 9.97 Å². The third-order valence-electron chi connectivity index (χ3n) is 10.8.